The van der Waals surface area contributed by atoms with Crippen molar-refractivity contribution < 1.29 is 4.74 Å². The van der Waals surface area contributed by atoms with Crippen LogP contribution in [-0.2, 0) is 6.54 Å². The number of methoxy groups -OCH3 is 1. The number of hydrogen-bond acceptors (Lipinski definition) is 4. The average Bonchev–Trinajstić information content (AvgIpc) is 2.60. The van der Waals surface area contributed by atoms with Gasteiger partial charge in [-0.2, -0.15) is 4.98 Å². The van der Waals surface area contributed by atoms with E-state index in [1.165, 1.54) is 7.11 Å². The molecule has 0 bridgehead atoms. The Balaban J connectivity index is 2.05. The lowest BCUT2D eigenvalue weighted by Crippen LogP contribution is -2.19. The maximum Gasteiger partial charge on any atom is 0.316 e. The van der Waals surface area contributed by atoms with Crippen molar-refractivity contribution in [2.24, 2.45) is 0 Å². The van der Waals surface area contributed by atoms with Crippen LogP contribution in [-0.4, -0.2) is 16.7 Å². The number of rotatable bonds is 5. The Kier molecular flexibility index (Phi) is 5.95. The number of nitrogens with one attached hydrogen (secondary N) is 1. The van der Waals surface area contributed by atoms with Crippen molar-refractivity contribution in [1.82, 2.24) is 9.55 Å². The topological polar surface area (TPSA) is 56.1 Å². The van der Waals surface area contributed by atoms with Crippen LogP contribution in [0.2, 0.25) is 15.1 Å². The lowest BCUT2D eigenvalue weighted by Gasteiger charge is -2.17. The first-order chi connectivity index (χ1) is 12.9. The number of ether oxygens (including phenoxy) is 1. The number of anilines is 2. The van der Waals surface area contributed by atoms with Crippen molar-refractivity contribution in [2.45, 2.75) is 13.5 Å². The third-order valence-electron chi connectivity index (χ3n) is 3.97. The van der Waals surface area contributed by atoms with Gasteiger partial charge in [0.2, 0.25) is 11.7 Å². The van der Waals surface area contributed by atoms with E-state index in [4.69, 9.17) is 39.5 Å². The van der Waals surface area contributed by atoms with Gasteiger partial charge in [-0.25, -0.2) is 0 Å². The molecule has 5 nitrogen and oxygen atoms in total. The molecule has 0 saturated heterocycles. The van der Waals surface area contributed by atoms with Crippen LogP contribution in [0.5, 0.6) is 5.75 Å². The van der Waals surface area contributed by atoms with Gasteiger partial charge in [0.15, 0.2) is 0 Å². The number of nitrogens with zero attached hydrogens (tertiary/aromatic N) is 2. The number of hydrogen-bond donors (Lipinski definition) is 1. The molecule has 0 fully saturated rings. The van der Waals surface area contributed by atoms with Crippen LogP contribution in [0.4, 0.5) is 11.6 Å². The summed E-state index contributed by atoms with van der Waals surface area (Å²) in [7, 11) is 1.42. The summed E-state index contributed by atoms with van der Waals surface area (Å²) >= 11 is 18.4. The molecule has 1 aromatic heterocycles. The average molecular weight is 425 g/mol. The molecule has 0 spiro atoms. The second kappa shape index (κ2) is 8.21. The summed E-state index contributed by atoms with van der Waals surface area (Å²) in [5.41, 5.74) is 1.98. The predicted molar refractivity (Wildman–Crippen MR) is 110 cm³/mol. The van der Waals surface area contributed by atoms with E-state index in [9.17, 15) is 4.79 Å². The minimum absolute atomic E-state index is 0.136. The smallest absolute Gasteiger partial charge is 0.316 e. The Morgan fingerprint density at radius 1 is 1.15 bits per heavy atom. The van der Waals surface area contributed by atoms with Crippen LogP contribution in [0.1, 0.15) is 11.1 Å². The van der Waals surface area contributed by atoms with Gasteiger partial charge in [0, 0.05) is 20.8 Å². The van der Waals surface area contributed by atoms with Crippen molar-refractivity contribution in [1.29, 1.82) is 0 Å². The van der Waals surface area contributed by atoms with E-state index in [2.05, 4.69) is 10.3 Å². The van der Waals surface area contributed by atoms with Crippen molar-refractivity contribution in [3.05, 3.63) is 79.1 Å². The molecule has 140 valence electrons. The summed E-state index contributed by atoms with van der Waals surface area (Å²) in [6.45, 7) is 2.26. The van der Waals surface area contributed by atoms with Crippen molar-refractivity contribution in [3.8, 4) is 5.75 Å². The standard InChI is InChI=1S/C19H16Cl3N3O2/c1-11-15(22)4-3-5-16(11)23-19-24-18(26)17(27-2)10-25(19)9-12-6-13(20)8-14(21)7-12/h3-8,10H,9H2,1-2H3,(H,23,24,26). The van der Waals surface area contributed by atoms with E-state index in [0.29, 0.717) is 27.6 Å². The van der Waals surface area contributed by atoms with Gasteiger partial charge >= 0.3 is 5.56 Å². The maximum atomic E-state index is 12.2. The minimum atomic E-state index is -0.472. The zero-order chi connectivity index (χ0) is 19.6. The second-order valence-electron chi connectivity index (χ2n) is 5.88. The quantitative estimate of drug-likeness (QED) is 0.603. The molecule has 0 amide bonds. The Morgan fingerprint density at radius 3 is 2.52 bits per heavy atom. The summed E-state index contributed by atoms with van der Waals surface area (Å²) in [4.78, 5) is 16.3. The Bertz CT molecular complexity index is 1030. The summed E-state index contributed by atoms with van der Waals surface area (Å²) in [6.07, 6.45) is 1.59. The van der Waals surface area contributed by atoms with Crippen LogP contribution in [0.15, 0.2) is 47.4 Å². The third-order valence-corrected chi connectivity index (χ3v) is 4.82. The highest BCUT2D eigenvalue weighted by molar-refractivity contribution is 6.34. The van der Waals surface area contributed by atoms with Gasteiger partial charge in [0.05, 0.1) is 19.9 Å². The Hall–Kier alpha value is -2.21. The van der Waals surface area contributed by atoms with Gasteiger partial charge < -0.3 is 14.6 Å². The number of halogens is 3. The molecule has 0 radical (unpaired) electrons. The fraction of sp³-hybridized carbons (Fsp3) is 0.158. The fourth-order valence-corrected chi connectivity index (χ4v) is 3.34. The normalized spacial score (nSPS) is 10.7. The van der Waals surface area contributed by atoms with Crippen LogP contribution < -0.4 is 15.6 Å². The SMILES string of the molecule is COc1cn(Cc2cc(Cl)cc(Cl)c2)c(Nc2cccc(Cl)c2C)nc1=O. The molecule has 0 aliphatic carbocycles. The molecule has 0 saturated carbocycles. The molecule has 0 aliphatic heterocycles. The van der Waals surface area contributed by atoms with E-state index in [0.717, 1.165) is 16.8 Å². The molecule has 1 heterocycles. The molecule has 27 heavy (non-hydrogen) atoms. The zero-order valence-electron chi connectivity index (χ0n) is 14.6. The largest absolute Gasteiger partial charge is 0.490 e. The first-order valence-corrected chi connectivity index (χ1v) is 9.13. The molecule has 1 N–H and O–H groups in total. The first-order valence-electron chi connectivity index (χ1n) is 8.00. The van der Waals surface area contributed by atoms with Crippen molar-refractivity contribution in [2.75, 3.05) is 12.4 Å². The van der Waals surface area contributed by atoms with Crippen LogP contribution in [0, 0.1) is 6.92 Å². The number of benzene rings is 2. The minimum Gasteiger partial charge on any atom is -0.490 e. The highest BCUT2D eigenvalue weighted by Crippen LogP contribution is 2.26. The fourth-order valence-electron chi connectivity index (χ4n) is 2.60. The number of aromatic nitrogens is 2. The molecule has 3 rings (SSSR count). The summed E-state index contributed by atoms with van der Waals surface area (Å²) in [5, 5.41) is 4.84. The summed E-state index contributed by atoms with van der Waals surface area (Å²) in [5.74, 6) is 0.485. The molecule has 0 unspecified atom stereocenters. The molecule has 2 aromatic carbocycles. The molecule has 3 aromatic rings. The van der Waals surface area contributed by atoms with Gasteiger partial charge in [-0.15, -0.1) is 0 Å². The predicted octanol–water partition coefficient (Wildman–Crippen LogP) is 5.31. The molecule has 0 aliphatic rings. The molecular weight excluding hydrogens is 409 g/mol. The lowest BCUT2D eigenvalue weighted by molar-refractivity contribution is 0.402. The third kappa shape index (κ3) is 4.56. The van der Waals surface area contributed by atoms with E-state index < -0.39 is 5.56 Å². The molecule has 8 heteroatoms. The van der Waals surface area contributed by atoms with E-state index >= 15 is 0 Å². The van der Waals surface area contributed by atoms with Crippen molar-refractivity contribution in [3.63, 3.8) is 0 Å². The highest BCUT2D eigenvalue weighted by atomic mass is 35.5. The first kappa shape index (κ1) is 19.5. The molecule has 0 atom stereocenters. The van der Waals surface area contributed by atoms with Gasteiger partial charge in [-0.3, -0.25) is 4.79 Å². The monoisotopic (exact) mass is 423 g/mol. The van der Waals surface area contributed by atoms with Crippen LogP contribution in [0.25, 0.3) is 0 Å². The van der Waals surface area contributed by atoms with Gasteiger partial charge in [-0.05, 0) is 48.4 Å². The van der Waals surface area contributed by atoms with Crippen molar-refractivity contribution >= 4 is 46.4 Å². The van der Waals surface area contributed by atoms with E-state index in [1.807, 2.05) is 19.1 Å². The second-order valence-corrected chi connectivity index (χ2v) is 7.16. The van der Waals surface area contributed by atoms with E-state index in [1.54, 1.807) is 35.0 Å². The maximum absolute atomic E-state index is 12.2. The van der Waals surface area contributed by atoms with Gasteiger partial charge in [0.25, 0.3) is 0 Å². The lowest BCUT2D eigenvalue weighted by atomic mass is 10.2. The van der Waals surface area contributed by atoms with E-state index in [-0.39, 0.29) is 5.75 Å². The zero-order valence-corrected chi connectivity index (χ0v) is 16.9. The van der Waals surface area contributed by atoms with Gasteiger partial charge in [0.1, 0.15) is 0 Å². The van der Waals surface area contributed by atoms with Crippen LogP contribution >= 0.6 is 34.8 Å². The summed E-state index contributed by atoms with van der Waals surface area (Å²) in [6, 6.07) is 10.7. The van der Waals surface area contributed by atoms with Crippen LogP contribution in [0.3, 0.4) is 0 Å². The molecular formula is C19H16Cl3N3O2. The summed E-state index contributed by atoms with van der Waals surface area (Å²) < 4.78 is 6.87. The highest BCUT2D eigenvalue weighted by Gasteiger charge is 2.12. The Morgan fingerprint density at radius 2 is 1.85 bits per heavy atom. The van der Waals surface area contributed by atoms with Gasteiger partial charge in [-0.1, -0.05) is 40.9 Å². The Labute approximate surface area is 171 Å².